The third-order valence-corrected chi connectivity index (χ3v) is 3.62. The molecule has 0 aromatic heterocycles. The molecule has 0 aliphatic carbocycles. The highest BCUT2D eigenvalue weighted by molar-refractivity contribution is 9.10. The van der Waals surface area contributed by atoms with Gasteiger partial charge in [-0.25, -0.2) is 9.18 Å². The highest BCUT2D eigenvalue weighted by Gasteiger charge is 2.11. The van der Waals surface area contributed by atoms with Crippen LogP contribution in [0.1, 0.15) is 0 Å². The van der Waals surface area contributed by atoms with Crippen molar-refractivity contribution >= 4 is 50.6 Å². The molecule has 0 aliphatic rings. The van der Waals surface area contributed by atoms with E-state index in [9.17, 15) is 19.3 Å². The molecular formula is C13H9BrClFN4O3. The molecule has 10 heteroatoms. The quantitative estimate of drug-likeness (QED) is 0.524. The fourth-order valence-electron chi connectivity index (χ4n) is 1.59. The standard InChI is InChI=1S/C13H9BrClFN4O3/c14-9-5-7(16)1-3-11(9)18-19-13(21)17-12-4-2-8(20(22)23)6-10(12)15/h1-6,18H,(H2,17,19,21). The fourth-order valence-corrected chi connectivity index (χ4v) is 2.26. The number of nitrogens with one attached hydrogen (secondary N) is 3. The van der Waals surface area contributed by atoms with Gasteiger partial charge in [-0.05, 0) is 40.2 Å². The van der Waals surface area contributed by atoms with Crippen molar-refractivity contribution in [3.63, 3.8) is 0 Å². The minimum atomic E-state index is -0.656. The van der Waals surface area contributed by atoms with Gasteiger partial charge < -0.3 is 5.32 Å². The molecule has 3 N–H and O–H groups in total. The number of carbonyl (C=O) groups excluding carboxylic acids is 1. The zero-order chi connectivity index (χ0) is 17.0. The van der Waals surface area contributed by atoms with E-state index in [-0.39, 0.29) is 16.4 Å². The molecule has 0 radical (unpaired) electrons. The highest BCUT2D eigenvalue weighted by Crippen LogP contribution is 2.26. The number of hydrazine groups is 1. The van der Waals surface area contributed by atoms with Gasteiger partial charge in [-0.2, -0.15) is 0 Å². The lowest BCUT2D eigenvalue weighted by molar-refractivity contribution is -0.384. The molecule has 2 rings (SSSR count). The highest BCUT2D eigenvalue weighted by atomic mass is 79.9. The number of nitro benzene ring substituents is 1. The fraction of sp³-hybridized carbons (Fsp3) is 0. The van der Waals surface area contributed by atoms with Crippen LogP contribution in [0.3, 0.4) is 0 Å². The minimum absolute atomic E-state index is 0.0253. The van der Waals surface area contributed by atoms with Crippen LogP contribution in [0.4, 0.5) is 26.2 Å². The smallest absolute Gasteiger partial charge is 0.305 e. The lowest BCUT2D eigenvalue weighted by atomic mass is 10.3. The molecule has 2 aromatic rings. The van der Waals surface area contributed by atoms with Gasteiger partial charge in [0, 0.05) is 16.6 Å². The van der Waals surface area contributed by atoms with Crippen LogP contribution in [0.25, 0.3) is 0 Å². The van der Waals surface area contributed by atoms with Gasteiger partial charge in [0.15, 0.2) is 0 Å². The summed E-state index contributed by atoms with van der Waals surface area (Å²) < 4.78 is 13.4. The molecule has 2 aromatic carbocycles. The van der Waals surface area contributed by atoms with E-state index < -0.39 is 16.8 Å². The van der Waals surface area contributed by atoms with Crippen LogP contribution in [-0.4, -0.2) is 11.0 Å². The first-order chi connectivity index (χ1) is 10.9. The number of carbonyl (C=O) groups is 1. The number of rotatable bonds is 4. The Hall–Kier alpha value is -2.39. The summed E-state index contributed by atoms with van der Waals surface area (Å²) in [5, 5.41) is 13.1. The summed E-state index contributed by atoms with van der Waals surface area (Å²) in [6, 6.07) is 6.88. The summed E-state index contributed by atoms with van der Waals surface area (Å²) in [7, 11) is 0. The predicted octanol–water partition coefficient (Wildman–Crippen LogP) is 4.30. The van der Waals surface area contributed by atoms with Gasteiger partial charge in [0.1, 0.15) is 5.82 Å². The van der Waals surface area contributed by atoms with Gasteiger partial charge in [-0.3, -0.25) is 21.0 Å². The van der Waals surface area contributed by atoms with Crippen molar-refractivity contribution in [1.29, 1.82) is 0 Å². The zero-order valence-corrected chi connectivity index (χ0v) is 13.6. The summed E-state index contributed by atoms with van der Waals surface area (Å²) >= 11 is 9.00. The molecular weight excluding hydrogens is 395 g/mol. The molecule has 120 valence electrons. The summed E-state index contributed by atoms with van der Waals surface area (Å²) in [5.41, 5.74) is 5.37. The van der Waals surface area contributed by atoms with E-state index in [2.05, 4.69) is 32.1 Å². The zero-order valence-electron chi connectivity index (χ0n) is 11.3. The molecule has 0 aliphatic heterocycles. The summed E-state index contributed by atoms with van der Waals surface area (Å²) in [4.78, 5) is 21.8. The number of hydrogen-bond donors (Lipinski definition) is 3. The molecule has 0 fully saturated rings. The van der Waals surface area contributed by atoms with E-state index in [1.54, 1.807) is 0 Å². The topological polar surface area (TPSA) is 96.3 Å². The number of urea groups is 1. The number of nitrogens with zero attached hydrogens (tertiary/aromatic N) is 1. The normalized spacial score (nSPS) is 10.0. The van der Waals surface area contributed by atoms with Crippen LogP contribution in [0.15, 0.2) is 40.9 Å². The van der Waals surface area contributed by atoms with Crippen LogP contribution < -0.4 is 16.2 Å². The molecule has 0 bridgehead atoms. The lowest BCUT2D eigenvalue weighted by Gasteiger charge is -2.12. The van der Waals surface area contributed by atoms with Crippen molar-refractivity contribution in [3.05, 3.63) is 61.8 Å². The van der Waals surface area contributed by atoms with Crippen molar-refractivity contribution in [2.75, 3.05) is 10.7 Å². The predicted molar refractivity (Wildman–Crippen MR) is 88.0 cm³/mol. The SMILES string of the molecule is O=C(NNc1ccc(F)cc1Br)Nc1ccc([N+](=O)[O-])cc1Cl. The Labute approximate surface area is 143 Å². The van der Waals surface area contributed by atoms with E-state index in [0.29, 0.717) is 10.2 Å². The van der Waals surface area contributed by atoms with Crippen molar-refractivity contribution < 1.29 is 14.1 Å². The van der Waals surface area contributed by atoms with Gasteiger partial charge >= 0.3 is 6.03 Å². The molecule has 0 atom stereocenters. The number of hydrogen-bond acceptors (Lipinski definition) is 4. The van der Waals surface area contributed by atoms with Gasteiger partial charge in [-0.1, -0.05) is 11.6 Å². The molecule has 23 heavy (non-hydrogen) atoms. The second-order valence-electron chi connectivity index (χ2n) is 4.25. The second-order valence-corrected chi connectivity index (χ2v) is 5.51. The molecule has 0 saturated carbocycles. The summed E-state index contributed by atoms with van der Waals surface area (Å²) in [6.07, 6.45) is 0. The Balaban J connectivity index is 1.98. The van der Waals surface area contributed by atoms with E-state index in [1.807, 2.05) is 0 Å². The largest absolute Gasteiger partial charge is 0.337 e. The van der Waals surface area contributed by atoms with Crippen molar-refractivity contribution in [2.24, 2.45) is 0 Å². The second kappa shape index (κ2) is 7.25. The van der Waals surface area contributed by atoms with Gasteiger partial charge in [0.05, 0.1) is 21.3 Å². The monoisotopic (exact) mass is 402 g/mol. The average molecular weight is 404 g/mol. The number of amides is 2. The van der Waals surface area contributed by atoms with Gasteiger partial charge in [0.25, 0.3) is 5.69 Å². The first-order valence-corrected chi connectivity index (χ1v) is 7.26. The maximum Gasteiger partial charge on any atom is 0.337 e. The van der Waals surface area contributed by atoms with Crippen molar-refractivity contribution in [2.45, 2.75) is 0 Å². The first-order valence-electron chi connectivity index (χ1n) is 6.09. The molecule has 0 heterocycles. The Morgan fingerprint density at radius 1 is 1.22 bits per heavy atom. The maximum atomic E-state index is 12.9. The number of benzene rings is 2. The maximum absolute atomic E-state index is 12.9. The Bertz CT molecular complexity index is 775. The minimum Gasteiger partial charge on any atom is -0.305 e. The lowest BCUT2D eigenvalue weighted by Crippen LogP contribution is -2.33. The molecule has 7 nitrogen and oxygen atoms in total. The van der Waals surface area contributed by atoms with E-state index in [4.69, 9.17) is 11.6 Å². The van der Waals surface area contributed by atoms with Crippen LogP contribution in [0.5, 0.6) is 0 Å². The van der Waals surface area contributed by atoms with Crippen molar-refractivity contribution in [3.8, 4) is 0 Å². The molecule has 0 saturated heterocycles. The van der Waals surface area contributed by atoms with E-state index in [1.165, 1.54) is 30.3 Å². The summed E-state index contributed by atoms with van der Waals surface area (Å²) in [5.74, 6) is -0.426. The number of nitro groups is 1. The van der Waals surface area contributed by atoms with Crippen molar-refractivity contribution in [1.82, 2.24) is 5.43 Å². The third kappa shape index (κ3) is 4.54. The van der Waals surface area contributed by atoms with E-state index >= 15 is 0 Å². The van der Waals surface area contributed by atoms with Gasteiger partial charge in [0.2, 0.25) is 0 Å². The molecule has 2 amide bonds. The summed E-state index contributed by atoms with van der Waals surface area (Å²) in [6.45, 7) is 0. The van der Waals surface area contributed by atoms with Crippen LogP contribution in [-0.2, 0) is 0 Å². The Morgan fingerprint density at radius 3 is 2.52 bits per heavy atom. The first kappa shape index (κ1) is 17.0. The van der Waals surface area contributed by atoms with Crippen LogP contribution >= 0.6 is 27.5 Å². The average Bonchev–Trinajstić information content (AvgIpc) is 2.48. The number of non-ortho nitro benzene ring substituents is 1. The van der Waals surface area contributed by atoms with Crippen LogP contribution in [0.2, 0.25) is 5.02 Å². The van der Waals surface area contributed by atoms with Crippen LogP contribution in [0, 0.1) is 15.9 Å². The number of anilines is 2. The number of halogens is 3. The Kier molecular flexibility index (Phi) is 5.35. The Morgan fingerprint density at radius 2 is 1.91 bits per heavy atom. The molecule has 0 spiro atoms. The molecule has 0 unspecified atom stereocenters. The third-order valence-electron chi connectivity index (χ3n) is 2.65. The van der Waals surface area contributed by atoms with E-state index in [0.717, 1.165) is 6.07 Å². The van der Waals surface area contributed by atoms with Gasteiger partial charge in [-0.15, -0.1) is 0 Å².